The molecule has 8 nitrogen and oxygen atoms in total. The maximum absolute atomic E-state index is 12.9. The highest BCUT2D eigenvalue weighted by Crippen LogP contribution is 2.62. The summed E-state index contributed by atoms with van der Waals surface area (Å²) < 4.78 is 12.0. The number of rotatable bonds is 4. The molecule has 1 spiro atoms. The molecule has 3 aliphatic heterocycles. The average Bonchev–Trinajstić information content (AvgIpc) is 3.51. The van der Waals surface area contributed by atoms with E-state index in [4.69, 9.17) is 9.47 Å². The number of benzene rings is 1. The standard InChI is InChI=1S/C25H33N3O5/c1-24-7-2-8-25(16-32-25)22(24)13-19-20(23(29)33-21(19)14-24)15-26-9-11-27(12-10-26)17-3-5-18(6-4-17)28(30)31/h3-6,19-22H,2,7-16H2,1H3/t19-,20+,21-,22+,24+,25-/m0/s1. The lowest BCUT2D eigenvalue weighted by Gasteiger charge is -2.51. The minimum atomic E-state index is -0.367. The largest absolute Gasteiger partial charge is 0.462 e. The van der Waals surface area contributed by atoms with Crippen molar-refractivity contribution in [1.82, 2.24) is 4.90 Å². The van der Waals surface area contributed by atoms with E-state index in [-0.39, 0.29) is 39.6 Å². The van der Waals surface area contributed by atoms with E-state index in [1.54, 1.807) is 12.1 Å². The van der Waals surface area contributed by atoms with Gasteiger partial charge in [0.1, 0.15) is 6.10 Å². The van der Waals surface area contributed by atoms with Gasteiger partial charge in [-0.3, -0.25) is 19.8 Å². The van der Waals surface area contributed by atoms with Crippen molar-refractivity contribution in [2.24, 2.45) is 23.2 Å². The van der Waals surface area contributed by atoms with Gasteiger partial charge in [-0.25, -0.2) is 0 Å². The first kappa shape index (κ1) is 21.4. The van der Waals surface area contributed by atoms with E-state index in [1.807, 2.05) is 12.1 Å². The number of esters is 1. The lowest BCUT2D eigenvalue weighted by atomic mass is 9.53. The molecule has 0 radical (unpaired) electrons. The average molecular weight is 456 g/mol. The third kappa shape index (κ3) is 3.62. The molecule has 0 aromatic heterocycles. The summed E-state index contributed by atoms with van der Waals surface area (Å²) in [5.41, 5.74) is 1.46. The van der Waals surface area contributed by atoms with E-state index in [9.17, 15) is 14.9 Å². The lowest BCUT2D eigenvalue weighted by molar-refractivity contribution is -0.384. The van der Waals surface area contributed by atoms with Crippen LogP contribution in [0.1, 0.15) is 39.0 Å². The van der Waals surface area contributed by atoms with Crippen LogP contribution in [-0.4, -0.2) is 66.8 Å². The predicted molar refractivity (Wildman–Crippen MR) is 122 cm³/mol. The molecule has 0 amide bonds. The molecule has 3 saturated heterocycles. The summed E-state index contributed by atoms with van der Waals surface area (Å²) in [6, 6.07) is 6.78. The van der Waals surface area contributed by atoms with E-state index in [1.165, 1.54) is 19.3 Å². The number of ether oxygens (including phenoxy) is 2. The van der Waals surface area contributed by atoms with Crippen LogP contribution >= 0.6 is 0 Å². The van der Waals surface area contributed by atoms with Crippen LogP contribution in [0, 0.1) is 33.3 Å². The Labute approximate surface area is 194 Å². The van der Waals surface area contributed by atoms with Gasteiger partial charge in [0.2, 0.25) is 0 Å². The van der Waals surface area contributed by atoms with Crippen molar-refractivity contribution in [3.63, 3.8) is 0 Å². The van der Waals surface area contributed by atoms with Gasteiger partial charge in [-0.1, -0.05) is 6.92 Å². The fourth-order valence-corrected chi connectivity index (χ4v) is 7.42. The molecule has 0 N–H and O–H groups in total. The Balaban J connectivity index is 1.09. The number of fused-ring (bicyclic) bond motifs is 3. The molecule has 2 aliphatic carbocycles. The minimum absolute atomic E-state index is 0.00388. The molecule has 33 heavy (non-hydrogen) atoms. The number of carbonyl (C=O) groups excluding carboxylic acids is 1. The lowest BCUT2D eigenvalue weighted by Crippen LogP contribution is -2.52. The van der Waals surface area contributed by atoms with Gasteiger partial charge in [0, 0.05) is 56.5 Å². The molecule has 2 saturated carbocycles. The van der Waals surface area contributed by atoms with Crippen LogP contribution in [0.4, 0.5) is 11.4 Å². The van der Waals surface area contributed by atoms with E-state index in [2.05, 4.69) is 16.7 Å². The number of carbonyl (C=O) groups is 1. The number of piperazine rings is 1. The number of non-ortho nitro benzene ring substituents is 1. The van der Waals surface area contributed by atoms with Crippen molar-refractivity contribution in [3.05, 3.63) is 34.4 Å². The number of nitrogens with zero attached hydrogens (tertiary/aromatic N) is 3. The van der Waals surface area contributed by atoms with E-state index < -0.39 is 0 Å². The van der Waals surface area contributed by atoms with Crippen molar-refractivity contribution >= 4 is 17.3 Å². The number of hydrogen-bond acceptors (Lipinski definition) is 7. The maximum atomic E-state index is 12.9. The molecule has 3 heterocycles. The van der Waals surface area contributed by atoms with E-state index in [0.717, 1.165) is 57.9 Å². The first-order valence-corrected chi connectivity index (χ1v) is 12.4. The van der Waals surface area contributed by atoms with E-state index >= 15 is 0 Å². The topological polar surface area (TPSA) is 88.5 Å². The summed E-state index contributed by atoms with van der Waals surface area (Å²) in [5, 5.41) is 10.9. The zero-order valence-corrected chi connectivity index (χ0v) is 19.3. The van der Waals surface area contributed by atoms with Crippen molar-refractivity contribution in [2.45, 2.75) is 50.7 Å². The summed E-state index contributed by atoms with van der Waals surface area (Å²) >= 11 is 0. The van der Waals surface area contributed by atoms with Crippen LogP contribution in [0.25, 0.3) is 0 Å². The molecule has 1 aromatic carbocycles. The van der Waals surface area contributed by atoms with E-state index in [0.29, 0.717) is 11.8 Å². The number of nitro benzene ring substituents is 1. The van der Waals surface area contributed by atoms with Gasteiger partial charge >= 0.3 is 5.97 Å². The third-order valence-electron chi connectivity index (χ3n) is 9.33. The normalized spacial score (nSPS) is 40.3. The van der Waals surface area contributed by atoms with Crippen LogP contribution in [0.2, 0.25) is 0 Å². The molecule has 178 valence electrons. The predicted octanol–water partition coefficient (Wildman–Crippen LogP) is 3.24. The zero-order valence-electron chi connectivity index (χ0n) is 19.3. The molecule has 0 unspecified atom stereocenters. The molecule has 5 fully saturated rings. The smallest absolute Gasteiger partial charge is 0.310 e. The maximum Gasteiger partial charge on any atom is 0.310 e. The van der Waals surface area contributed by atoms with Crippen LogP contribution in [-0.2, 0) is 14.3 Å². The summed E-state index contributed by atoms with van der Waals surface area (Å²) in [6.07, 6.45) is 5.73. The zero-order chi connectivity index (χ0) is 22.8. The van der Waals surface area contributed by atoms with Gasteiger partial charge in [0.05, 0.1) is 23.0 Å². The Kier molecular flexibility index (Phi) is 4.96. The Bertz CT molecular complexity index is 940. The highest BCUT2D eigenvalue weighted by atomic mass is 16.6. The number of anilines is 1. The van der Waals surface area contributed by atoms with Crippen LogP contribution in [0.15, 0.2) is 24.3 Å². The molecule has 5 aliphatic rings. The number of hydrogen-bond donors (Lipinski definition) is 0. The SMILES string of the molecule is C[C@]12CCC[C@]3(CO3)[C@@H]1C[C@@H]1[C@H](C2)OC(=O)[C@@H]1CN1CCN(c2ccc([N+](=O)[O-])cc2)CC1. The quantitative estimate of drug-likeness (QED) is 0.298. The van der Waals surface area contributed by atoms with Gasteiger partial charge < -0.3 is 14.4 Å². The fourth-order valence-electron chi connectivity index (χ4n) is 7.42. The summed E-state index contributed by atoms with van der Waals surface area (Å²) in [5.74, 6) is 0.817. The second-order valence-electron chi connectivity index (χ2n) is 11.2. The minimum Gasteiger partial charge on any atom is -0.462 e. The summed E-state index contributed by atoms with van der Waals surface area (Å²) in [7, 11) is 0. The van der Waals surface area contributed by atoms with Crippen molar-refractivity contribution < 1.29 is 19.2 Å². The summed E-state index contributed by atoms with van der Waals surface area (Å²) in [6.45, 7) is 7.53. The first-order valence-electron chi connectivity index (χ1n) is 12.4. The highest BCUT2D eigenvalue weighted by Gasteiger charge is 2.65. The molecular weight excluding hydrogens is 422 g/mol. The van der Waals surface area contributed by atoms with Gasteiger partial charge in [-0.2, -0.15) is 0 Å². The third-order valence-corrected chi connectivity index (χ3v) is 9.33. The second-order valence-corrected chi connectivity index (χ2v) is 11.2. The van der Waals surface area contributed by atoms with Crippen LogP contribution < -0.4 is 4.90 Å². The second kappa shape index (κ2) is 7.67. The Morgan fingerprint density at radius 2 is 1.88 bits per heavy atom. The van der Waals surface area contributed by atoms with Gasteiger partial charge in [0.15, 0.2) is 0 Å². The first-order chi connectivity index (χ1) is 15.9. The monoisotopic (exact) mass is 455 g/mol. The van der Waals surface area contributed by atoms with Crippen molar-refractivity contribution in [3.8, 4) is 0 Å². The van der Waals surface area contributed by atoms with Crippen molar-refractivity contribution in [2.75, 3.05) is 44.2 Å². The fraction of sp³-hybridized carbons (Fsp3) is 0.720. The number of nitro groups is 1. The molecule has 1 aromatic rings. The Morgan fingerprint density at radius 3 is 2.55 bits per heavy atom. The van der Waals surface area contributed by atoms with Gasteiger partial charge in [-0.05, 0) is 55.6 Å². The highest BCUT2D eigenvalue weighted by molar-refractivity contribution is 5.75. The number of epoxide rings is 1. The van der Waals surface area contributed by atoms with Gasteiger partial charge in [0.25, 0.3) is 5.69 Å². The Hall–Kier alpha value is -2.19. The van der Waals surface area contributed by atoms with Crippen molar-refractivity contribution in [1.29, 1.82) is 0 Å². The summed E-state index contributed by atoms with van der Waals surface area (Å²) in [4.78, 5) is 28.1. The molecule has 6 rings (SSSR count). The van der Waals surface area contributed by atoms with Gasteiger partial charge in [-0.15, -0.1) is 0 Å². The molecular formula is C25H33N3O5. The molecule has 6 atom stereocenters. The molecule has 8 heteroatoms. The van der Waals surface area contributed by atoms with Crippen LogP contribution in [0.3, 0.4) is 0 Å². The molecule has 0 bridgehead atoms. The van der Waals surface area contributed by atoms with Crippen LogP contribution in [0.5, 0.6) is 0 Å². The Morgan fingerprint density at radius 1 is 1.15 bits per heavy atom.